The van der Waals surface area contributed by atoms with Gasteiger partial charge >= 0.3 is 14.0 Å². The minimum absolute atomic E-state index is 0.184. The Morgan fingerprint density at radius 3 is 2.42 bits per heavy atom. The number of nitrogens with one attached hydrogen (secondary N) is 1. The Morgan fingerprint density at radius 1 is 1.12 bits per heavy atom. The van der Waals surface area contributed by atoms with Crippen LogP contribution in [0.2, 0.25) is 0 Å². The van der Waals surface area contributed by atoms with Gasteiger partial charge in [-0.15, -0.1) is 0 Å². The summed E-state index contributed by atoms with van der Waals surface area (Å²) in [6.07, 6.45) is 1.37. The lowest BCUT2D eigenvalue weighted by Gasteiger charge is -2.22. The van der Waals surface area contributed by atoms with Crippen LogP contribution in [0.5, 0.6) is 5.75 Å². The number of rotatable bonds is 13. The average molecular weight is 493 g/mol. The van der Waals surface area contributed by atoms with Gasteiger partial charge in [0.1, 0.15) is 5.75 Å². The lowest BCUT2D eigenvalue weighted by molar-refractivity contribution is -0.138. The SMILES string of the molecule is CCCCCCCCOc1ccc(-c2cc([C@@](C)(N)COP(=O)(O)O)[nH]n2)cc1C(F)(F)F. The molecule has 12 heteroatoms. The smallest absolute Gasteiger partial charge is 0.469 e. The summed E-state index contributed by atoms with van der Waals surface area (Å²) < 4.78 is 61.7. The summed E-state index contributed by atoms with van der Waals surface area (Å²) in [6.45, 7) is 3.23. The fourth-order valence-corrected chi connectivity index (χ4v) is 3.60. The largest absolute Gasteiger partial charge is 0.493 e. The standard InChI is InChI=1S/C21H31F3N3O5P/c1-3-4-5-6-7-8-11-31-18-10-9-15(12-16(18)21(22,23)24)17-13-19(27-26-17)20(2,25)14-32-33(28,29)30/h9-10,12-13H,3-8,11,14,25H2,1-2H3,(H,26,27)(H2,28,29,30)/t20-/m0/s1. The summed E-state index contributed by atoms with van der Waals surface area (Å²) in [5.41, 5.74) is 4.37. The summed E-state index contributed by atoms with van der Waals surface area (Å²) in [7, 11) is -4.74. The second-order valence-corrected chi connectivity index (χ2v) is 9.41. The zero-order chi connectivity index (χ0) is 24.7. The number of aromatic nitrogens is 2. The number of alkyl halides is 3. The molecule has 2 aromatic rings. The fourth-order valence-electron chi connectivity index (χ4n) is 3.16. The van der Waals surface area contributed by atoms with Gasteiger partial charge in [0.25, 0.3) is 0 Å². The lowest BCUT2D eigenvalue weighted by atomic mass is 9.99. The van der Waals surface area contributed by atoms with Crippen LogP contribution in [0.3, 0.4) is 0 Å². The van der Waals surface area contributed by atoms with Crippen LogP contribution < -0.4 is 10.5 Å². The van der Waals surface area contributed by atoms with Crippen LogP contribution in [0.4, 0.5) is 13.2 Å². The zero-order valence-corrected chi connectivity index (χ0v) is 19.6. The molecule has 0 saturated carbocycles. The third kappa shape index (κ3) is 8.75. The molecule has 0 bridgehead atoms. The van der Waals surface area contributed by atoms with Gasteiger partial charge in [0.2, 0.25) is 0 Å². The van der Waals surface area contributed by atoms with E-state index in [1.165, 1.54) is 25.1 Å². The van der Waals surface area contributed by atoms with E-state index in [1.54, 1.807) is 0 Å². The third-order valence-corrected chi connectivity index (χ3v) is 5.53. The minimum atomic E-state index is -4.74. The molecule has 8 nitrogen and oxygen atoms in total. The Morgan fingerprint density at radius 2 is 1.79 bits per heavy atom. The molecule has 1 atom stereocenters. The predicted octanol–water partition coefficient (Wildman–Crippen LogP) is 5.12. The topological polar surface area (TPSA) is 131 Å². The van der Waals surface area contributed by atoms with Crippen LogP contribution in [-0.4, -0.2) is 33.2 Å². The van der Waals surface area contributed by atoms with Crippen LogP contribution in [-0.2, 0) is 20.8 Å². The first-order valence-electron chi connectivity index (χ1n) is 10.7. The van der Waals surface area contributed by atoms with Crippen molar-refractivity contribution in [3.63, 3.8) is 0 Å². The highest BCUT2D eigenvalue weighted by Crippen LogP contribution is 2.40. The van der Waals surface area contributed by atoms with E-state index < -0.39 is 31.7 Å². The van der Waals surface area contributed by atoms with Gasteiger partial charge in [0, 0.05) is 5.56 Å². The number of phosphoric acid groups is 1. The number of aromatic amines is 1. The highest BCUT2D eigenvalue weighted by Gasteiger charge is 2.35. The Hall–Kier alpha value is -1.91. The van der Waals surface area contributed by atoms with Crippen molar-refractivity contribution in [3.8, 4) is 17.0 Å². The molecular weight excluding hydrogens is 462 g/mol. The van der Waals surface area contributed by atoms with Crippen LogP contribution >= 0.6 is 7.82 Å². The number of hydrogen-bond donors (Lipinski definition) is 4. The Bertz CT molecular complexity index is 943. The second kappa shape index (κ2) is 11.5. The minimum Gasteiger partial charge on any atom is -0.493 e. The fraction of sp³-hybridized carbons (Fsp3) is 0.571. The first-order valence-corrected chi connectivity index (χ1v) is 12.3. The van der Waals surface area contributed by atoms with Crippen molar-refractivity contribution in [1.29, 1.82) is 0 Å². The van der Waals surface area contributed by atoms with Crippen LogP contribution in [0, 0.1) is 0 Å². The van der Waals surface area contributed by atoms with Crippen molar-refractivity contribution in [1.82, 2.24) is 10.2 Å². The highest BCUT2D eigenvalue weighted by atomic mass is 31.2. The van der Waals surface area contributed by atoms with Crippen LogP contribution in [0.25, 0.3) is 11.3 Å². The zero-order valence-electron chi connectivity index (χ0n) is 18.7. The Balaban J connectivity index is 2.13. The number of benzene rings is 1. The van der Waals surface area contributed by atoms with Crippen molar-refractivity contribution >= 4 is 7.82 Å². The van der Waals surface area contributed by atoms with E-state index in [0.29, 0.717) is 6.42 Å². The van der Waals surface area contributed by atoms with Gasteiger partial charge < -0.3 is 20.3 Å². The van der Waals surface area contributed by atoms with Crippen molar-refractivity contribution in [2.75, 3.05) is 13.2 Å². The maximum absolute atomic E-state index is 13.6. The number of nitrogens with two attached hydrogens (primary N) is 1. The number of nitrogens with zero attached hydrogens (tertiary/aromatic N) is 1. The molecule has 0 spiro atoms. The van der Waals surface area contributed by atoms with E-state index in [2.05, 4.69) is 21.6 Å². The molecule has 0 saturated heterocycles. The van der Waals surface area contributed by atoms with E-state index in [-0.39, 0.29) is 29.3 Å². The molecule has 1 aromatic carbocycles. The average Bonchev–Trinajstić information content (AvgIpc) is 3.22. The summed E-state index contributed by atoms with van der Waals surface area (Å²) >= 11 is 0. The maximum atomic E-state index is 13.6. The quantitative estimate of drug-likeness (QED) is 0.225. The first kappa shape index (κ1) is 27.3. The molecule has 0 radical (unpaired) electrons. The molecule has 0 aliphatic heterocycles. The monoisotopic (exact) mass is 493 g/mol. The molecule has 1 heterocycles. The molecule has 0 unspecified atom stereocenters. The maximum Gasteiger partial charge on any atom is 0.469 e. The first-order chi connectivity index (χ1) is 15.3. The Labute approximate surface area is 190 Å². The molecular formula is C21H31F3N3O5P. The molecule has 0 aliphatic rings. The van der Waals surface area contributed by atoms with Gasteiger partial charge in [-0.2, -0.15) is 18.3 Å². The van der Waals surface area contributed by atoms with Gasteiger partial charge in [-0.05, 0) is 37.6 Å². The number of halogens is 3. The molecule has 2 rings (SSSR count). The van der Waals surface area contributed by atoms with Gasteiger partial charge in [-0.1, -0.05) is 39.0 Å². The van der Waals surface area contributed by atoms with Gasteiger partial charge in [0.15, 0.2) is 0 Å². The van der Waals surface area contributed by atoms with E-state index in [9.17, 15) is 17.7 Å². The number of unbranched alkanes of at least 4 members (excludes halogenated alkanes) is 5. The molecule has 186 valence electrons. The van der Waals surface area contributed by atoms with E-state index in [4.69, 9.17) is 20.3 Å². The van der Waals surface area contributed by atoms with Crippen molar-refractivity contribution in [3.05, 3.63) is 35.5 Å². The molecule has 0 amide bonds. The van der Waals surface area contributed by atoms with E-state index in [1.807, 2.05) is 0 Å². The highest BCUT2D eigenvalue weighted by molar-refractivity contribution is 7.46. The van der Waals surface area contributed by atoms with Crippen molar-refractivity contribution < 1.29 is 36.8 Å². The van der Waals surface area contributed by atoms with Gasteiger partial charge in [-0.3, -0.25) is 9.62 Å². The van der Waals surface area contributed by atoms with Crippen molar-refractivity contribution in [2.24, 2.45) is 5.73 Å². The van der Waals surface area contributed by atoms with E-state index in [0.717, 1.165) is 38.2 Å². The van der Waals surface area contributed by atoms with Crippen molar-refractivity contribution in [2.45, 2.75) is 64.1 Å². The summed E-state index contributed by atoms with van der Waals surface area (Å²) in [6, 6.07) is 5.10. The molecule has 1 aromatic heterocycles. The number of H-pyrrole nitrogens is 1. The summed E-state index contributed by atoms with van der Waals surface area (Å²) in [5.74, 6) is -0.241. The van der Waals surface area contributed by atoms with Crippen LogP contribution in [0.1, 0.15) is 63.6 Å². The molecule has 0 aliphatic carbocycles. The lowest BCUT2D eigenvalue weighted by Crippen LogP contribution is -2.38. The summed E-state index contributed by atoms with van der Waals surface area (Å²) in [4.78, 5) is 17.7. The third-order valence-electron chi connectivity index (χ3n) is 5.06. The number of phosphoric ester groups is 1. The molecule has 0 fully saturated rings. The van der Waals surface area contributed by atoms with Gasteiger partial charge in [0.05, 0.1) is 35.7 Å². The normalized spacial score (nSPS) is 14.3. The predicted molar refractivity (Wildman–Crippen MR) is 117 cm³/mol. The number of hydrogen-bond acceptors (Lipinski definition) is 5. The number of ether oxygens (including phenoxy) is 1. The molecule has 33 heavy (non-hydrogen) atoms. The van der Waals surface area contributed by atoms with Gasteiger partial charge in [-0.25, -0.2) is 4.57 Å². The van der Waals surface area contributed by atoms with Crippen LogP contribution in [0.15, 0.2) is 24.3 Å². The molecule has 5 N–H and O–H groups in total. The Kier molecular flexibility index (Phi) is 9.51. The van der Waals surface area contributed by atoms with E-state index >= 15 is 0 Å². The second-order valence-electron chi connectivity index (χ2n) is 8.17. The summed E-state index contributed by atoms with van der Waals surface area (Å²) in [5, 5.41) is 6.59.